The van der Waals surface area contributed by atoms with Crippen molar-refractivity contribution in [1.29, 1.82) is 0 Å². The second-order valence-electron chi connectivity index (χ2n) is 5.91. The molecule has 0 aliphatic heterocycles. The van der Waals surface area contributed by atoms with E-state index in [1.807, 2.05) is 20.8 Å². The number of hydrogen-bond donors (Lipinski definition) is 0. The molecule has 126 valence electrons. The summed E-state index contributed by atoms with van der Waals surface area (Å²) < 4.78 is 11.1. The zero-order valence-corrected chi connectivity index (χ0v) is 14.4. The summed E-state index contributed by atoms with van der Waals surface area (Å²) in [4.78, 5) is 23.6. The summed E-state index contributed by atoms with van der Waals surface area (Å²) in [5.41, 5.74) is 0. The number of ether oxygens (including phenoxy) is 2. The Kier molecular flexibility index (Phi) is 9.46. The van der Waals surface area contributed by atoms with Crippen molar-refractivity contribution in [3.8, 4) is 0 Å². The van der Waals surface area contributed by atoms with E-state index in [0.29, 0.717) is 6.42 Å². The lowest BCUT2D eigenvalue weighted by molar-refractivity contribution is -0.250. The summed E-state index contributed by atoms with van der Waals surface area (Å²) in [5.74, 6) is -2.26. The van der Waals surface area contributed by atoms with Gasteiger partial charge in [-0.05, 0) is 18.8 Å². The van der Waals surface area contributed by atoms with Crippen LogP contribution in [0.1, 0.15) is 59.8 Å². The zero-order chi connectivity index (χ0) is 17.2. The van der Waals surface area contributed by atoms with Gasteiger partial charge in [0.15, 0.2) is 0 Å². The van der Waals surface area contributed by atoms with Crippen LogP contribution in [0.2, 0.25) is 0 Å². The molecule has 0 amide bonds. The van der Waals surface area contributed by atoms with E-state index < -0.39 is 17.7 Å². The normalized spacial score (nSPS) is 12.6. The molecule has 4 heteroatoms. The lowest BCUT2D eigenvalue weighted by Gasteiger charge is -2.39. The summed E-state index contributed by atoms with van der Waals surface area (Å²) in [6.45, 7) is 15.0. The molecule has 1 unspecified atom stereocenters. The molecule has 0 aromatic heterocycles. The van der Waals surface area contributed by atoms with Gasteiger partial charge in [0.05, 0.1) is 0 Å². The van der Waals surface area contributed by atoms with Crippen molar-refractivity contribution in [2.24, 2.45) is 11.8 Å². The summed E-state index contributed by atoms with van der Waals surface area (Å²) in [7, 11) is 0. The molecule has 0 spiro atoms. The van der Waals surface area contributed by atoms with Gasteiger partial charge in [0.1, 0.15) is 0 Å². The van der Waals surface area contributed by atoms with Crippen molar-refractivity contribution < 1.29 is 19.1 Å². The molecule has 0 aliphatic carbocycles. The maximum atomic E-state index is 11.8. The number of rotatable bonds is 11. The Bertz CT molecular complexity index is 363. The van der Waals surface area contributed by atoms with Gasteiger partial charge in [0.2, 0.25) is 0 Å². The van der Waals surface area contributed by atoms with Crippen LogP contribution in [0.25, 0.3) is 0 Å². The van der Waals surface area contributed by atoms with E-state index in [2.05, 4.69) is 20.1 Å². The van der Waals surface area contributed by atoms with Gasteiger partial charge in [0, 0.05) is 24.5 Å². The van der Waals surface area contributed by atoms with Crippen LogP contribution in [-0.4, -0.2) is 17.7 Å². The summed E-state index contributed by atoms with van der Waals surface area (Å²) >= 11 is 0. The van der Waals surface area contributed by atoms with Gasteiger partial charge < -0.3 is 9.47 Å². The van der Waals surface area contributed by atoms with E-state index in [4.69, 9.17) is 9.47 Å². The maximum absolute atomic E-state index is 11.8. The molecule has 0 saturated carbocycles. The molecule has 0 N–H and O–H groups in total. The smallest absolute Gasteiger partial charge is 0.333 e. The topological polar surface area (TPSA) is 52.6 Å². The number of unbranched alkanes of at least 4 members (excludes halogenated alkanes) is 1. The van der Waals surface area contributed by atoms with E-state index >= 15 is 0 Å². The minimum absolute atomic E-state index is 0.0531. The summed E-state index contributed by atoms with van der Waals surface area (Å²) in [5, 5.41) is 0. The fourth-order valence-corrected chi connectivity index (χ4v) is 2.62. The Balaban J connectivity index is 5.64. The summed E-state index contributed by atoms with van der Waals surface area (Å²) in [6, 6.07) is 0. The second kappa shape index (κ2) is 10.2. The first kappa shape index (κ1) is 20.4. The number of carbonyl (C=O) groups is 2. The fourth-order valence-electron chi connectivity index (χ4n) is 2.62. The average Bonchev–Trinajstić information content (AvgIpc) is 2.46. The van der Waals surface area contributed by atoms with Gasteiger partial charge >= 0.3 is 11.9 Å². The van der Waals surface area contributed by atoms with Gasteiger partial charge in [0.25, 0.3) is 5.79 Å². The Morgan fingerprint density at radius 3 is 1.91 bits per heavy atom. The standard InChI is InChI=1S/C18H30O4/c1-7-11-12-15(8-2)18(13-14(5)6,21-16(19)9-3)22-17(20)10-4/h9-10,14-15H,3-4,7-8,11-13H2,1-2,5-6H3. The fraction of sp³-hybridized carbons (Fsp3) is 0.667. The second-order valence-corrected chi connectivity index (χ2v) is 5.91. The van der Waals surface area contributed by atoms with Crippen LogP contribution in [0.3, 0.4) is 0 Å². The van der Waals surface area contributed by atoms with Crippen molar-refractivity contribution >= 4 is 11.9 Å². The molecular formula is C18H30O4. The lowest BCUT2D eigenvalue weighted by atomic mass is 9.84. The van der Waals surface area contributed by atoms with Crippen LogP contribution in [-0.2, 0) is 19.1 Å². The van der Waals surface area contributed by atoms with Gasteiger partial charge in [-0.2, -0.15) is 0 Å². The molecule has 0 radical (unpaired) electrons. The van der Waals surface area contributed by atoms with E-state index in [9.17, 15) is 9.59 Å². The molecule has 0 aromatic carbocycles. The van der Waals surface area contributed by atoms with Crippen LogP contribution >= 0.6 is 0 Å². The van der Waals surface area contributed by atoms with E-state index in [1.165, 1.54) is 0 Å². The van der Waals surface area contributed by atoms with Gasteiger partial charge in [-0.25, -0.2) is 9.59 Å². The van der Waals surface area contributed by atoms with Gasteiger partial charge in [-0.1, -0.05) is 53.7 Å². The first-order valence-electron chi connectivity index (χ1n) is 8.05. The van der Waals surface area contributed by atoms with Crippen LogP contribution < -0.4 is 0 Å². The molecule has 0 bridgehead atoms. The average molecular weight is 310 g/mol. The highest BCUT2D eigenvalue weighted by Gasteiger charge is 2.45. The van der Waals surface area contributed by atoms with Crippen molar-refractivity contribution in [3.63, 3.8) is 0 Å². The Morgan fingerprint density at radius 1 is 1.09 bits per heavy atom. The molecule has 1 atom stereocenters. The monoisotopic (exact) mass is 310 g/mol. The Hall–Kier alpha value is -1.58. The van der Waals surface area contributed by atoms with Gasteiger partial charge in [-0.3, -0.25) is 0 Å². The minimum atomic E-state index is -1.26. The molecular weight excluding hydrogens is 280 g/mol. The predicted molar refractivity (Wildman–Crippen MR) is 88.1 cm³/mol. The summed E-state index contributed by atoms with van der Waals surface area (Å²) in [6.07, 6.45) is 6.24. The van der Waals surface area contributed by atoms with Crippen LogP contribution in [0.15, 0.2) is 25.3 Å². The molecule has 0 saturated heterocycles. The van der Waals surface area contributed by atoms with Crippen LogP contribution in [0.4, 0.5) is 0 Å². The van der Waals surface area contributed by atoms with Crippen LogP contribution in [0.5, 0.6) is 0 Å². The highest BCUT2D eigenvalue weighted by Crippen LogP contribution is 2.37. The molecule has 22 heavy (non-hydrogen) atoms. The number of carbonyl (C=O) groups excluding carboxylic acids is 2. The quantitative estimate of drug-likeness (QED) is 0.322. The molecule has 0 fully saturated rings. The predicted octanol–water partition coefficient (Wildman–Crippen LogP) is 4.40. The third-order valence-corrected chi connectivity index (χ3v) is 3.59. The lowest BCUT2D eigenvalue weighted by Crippen LogP contribution is -2.47. The van der Waals surface area contributed by atoms with Crippen LogP contribution in [0, 0.1) is 11.8 Å². The molecule has 0 heterocycles. The maximum Gasteiger partial charge on any atom is 0.333 e. The zero-order valence-electron chi connectivity index (χ0n) is 14.4. The molecule has 4 nitrogen and oxygen atoms in total. The van der Waals surface area contributed by atoms with Crippen molar-refractivity contribution in [1.82, 2.24) is 0 Å². The van der Waals surface area contributed by atoms with Crippen molar-refractivity contribution in [2.45, 2.75) is 65.6 Å². The number of esters is 2. The van der Waals surface area contributed by atoms with E-state index in [-0.39, 0.29) is 11.8 Å². The third-order valence-electron chi connectivity index (χ3n) is 3.59. The van der Waals surface area contributed by atoms with Crippen molar-refractivity contribution in [3.05, 3.63) is 25.3 Å². The molecule has 0 rings (SSSR count). The highest BCUT2D eigenvalue weighted by atomic mass is 16.7. The minimum Gasteiger partial charge on any atom is -0.419 e. The van der Waals surface area contributed by atoms with Crippen molar-refractivity contribution in [2.75, 3.05) is 0 Å². The highest BCUT2D eigenvalue weighted by molar-refractivity contribution is 5.83. The Morgan fingerprint density at radius 2 is 1.59 bits per heavy atom. The van der Waals surface area contributed by atoms with Gasteiger partial charge in [-0.15, -0.1) is 0 Å². The first-order valence-corrected chi connectivity index (χ1v) is 8.05. The van der Waals surface area contributed by atoms with E-state index in [0.717, 1.165) is 37.8 Å². The molecule has 0 aromatic rings. The van der Waals surface area contributed by atoms with E-state index in [1.54, 1.807) is 0 Å². The number of hydrogen-bond acceptors (Lipinski definition) is 4. The Labute approximate surface area is 134 Å². The first-order chi connectivity index (χ1) is 10.3. The largest absolute Gasteiger partial charge is 0.419 e. The third kappa shape index (κ3) is 6.46. The SMILES string of the molecule is C=CC(=O)OC(CC(C)C)(OC(=O)C=C)C(CC)CCCC. The molecule has 0 aliphatic rings.